The molecule has 0 heterocycles. The van der Waals surface area contributed by atoms with Crippen LogP contribution in [0.5, 0.6) is 5.75 Å². The van der Waals surface area contributed by atoms with Gasteiger partial charge in [-0.25, -0.2) is 0 Å². The molecule has 0 spiro atoms. The number of aldehydes is 1. The van der Waals surface area contributed by atoms with E-state index in [1.807, 2.05) is 14.1 Å². The first-order valence-corrected chi connectivity index (χ1v) is 4.55. The summed E-state index contributed by atoms with van der Waals surface area (Å²) in [5.41, 5.74) is 0.296. The molecule has 1 aromatic rings. The van der Waals surface area contributed by atoms with Gasteiger partial charge in [0.25, 0.3) is 0 Å². The van der Waals surface area contributed by atoms with Gasteiger partial charge in [0.2, 0.25) is 0 Å². The van der Waals surface area contributed by atoms with Crippen LogP contribution in [0.15, 0.2) is 12.1 Å². The van der Waals surface area contributed by atoms with Crippen LogP contribution in [-0.4, -0.2) is 31.7 Å². The standard InChI is InChI=1S/C8H6ClNO2.C2H7N/c9-7-1-2-8(12)5(3-10)6(7)4-11;1-3-2/h1-4,10,12H;3H,1-2H3. The van der Waals surface area contributed by atoms with E-state index in [1.165, 1.54) is 12.1 Å². The fourth-order valence-corrected chi connectivity index (χ4v) is 1.08. The number of phenols is 1. The number of nitrogens with one attached hydrogen (secondary N) is 2. The predicted octanol–water partition coefficient (Wildman–Crippen LogP) is 1.69. The quantitative estimate of drug-likeness (QED) is 0.533. The average Bonchev–Trinajstić information content (AvgIpc) is 2.22. The highest BCUT2D eigenvalue weighted by Gasteiger charge is 2.08. The molecule has 0 fully saturated rings. The third-order valence-electron chi connectivity index (χ3n) is 1.47. The number of carbonyl (C=O) groups is 1. The SMILES string of the molecule is CNC.N=Cc1c(O)ccc(Cl)c1C=O. The molecule has 3 N–H and O–H groups in total. The molecule has 15 heavy (non-hydrogen) atoms. The van der Waals surface area contributed by atoms with Crippen LogP contribution in [0.3, 0.4) is 0 Å². The van der Waals surface area contributed by atoms with Gasteiger partial charge < -0.3 is 15.8 Å². The van der Waals surface area contributed by atoms with Gasteiger partial charge in [0.05, 0.1) is 5.02 Å². The van der Waals surface area contributed by atoms with Crippen LogP contribution in [0.4, 0.5) is 0 Å². The van der Waals surface area contributed by atoms with Gasteiger partial charge >= 0.3 is 0 Å². The van der Waals surface area contributed by atoms with E-state index in [-0.39, 0.29) is 21.9 Å². The minimum absolute atomic E-state index is 0.114. The molecule has 0 aliphatic rings. The van der Waals surface area contributed by atoms with E-state index < -0.39 is 0 Å². The molecule has 0 unspecified atom stereocenters. The fraction of sp³-hybridized carbons (Fsp3) is 0.200. The van der Waals surface area contributed by atoms with Gasteiger partial charge in [0, 0.05) is 17.3 Å². The van der Waals surface area contributed by atoms with Gasteiger partial charge in [-0.2, -0.15) is 0 Å². The lowest BCUT2D eigenvalue weighted by Gasteiger charge is -2.02. The van der Waals surface area contributed by atoms with E-state index in [1.54, 1.807) is 0 Å². The highest BCUT2D eigenvalue weighted by atomic mass is 35.5. The van der Waals surface area contributed by atoms with E-state index in [2.05, 4.69) is 5.32 Å². The molecule has 1 rings (SSSR count). The normalized spacial score (nSPS) is 8.73. The van der Waals surface area contributed by atoms with E-state index in [0.717, 1.165) is 6.21 Å². The maximum absolute atomic E-state index is 10.5. The summed E-state index contributed by atoms with van der Waals surface area (Å²) in [4.78, 5) is 10.5. The number of phenolic OH excluding ortho intramolecular Hbond substituents is 1. The van der Waals surface area contributed by atoms with Crippen LogP contribution >= 0.6 is 11.6 Å². The first kappa shape index (κ1) is 13.6. The first-order chi connectivity index (χ1) is 7.12. The third-order valence-corrected chi connectivity index (χ3v) is 1.80. The Kier molecular flexibility index (Phi) is 6.33. The summed E-state index contributed by atoms with van der Waals surface area (Å²) in [6.07, 6.45) is 1.41. The van der Waals surface area contributed by atoms with E-state index in [0.29, 0.717) is 6.29 Å². The van der Waals surface area contributed by atoms with Gasteiger partial charge in [-0.15, -0.1) is 0 Å². The third kappa shape index (κ3) is 3.69. The van der Waals surface area contributed by atoms with Crippen molar-refractivity contribution < 1.29 is 9.90 Å². The van der Waals surface area contributed by atoms with E-state index in [4.69, 9.17) is 17.0 Å². The summed E-state index contributed by atoms with van der Waals surface area (Å²) in [5, 5.41) is 19.1. The summed E-state index contributed by atoms with van der Waals surface area (Å²) < 4.78 is 0. The van der Waals surface area contributed by atoms with Crippen molar-refractivity contribution in [3.63, 3.8) is 0 Å². The molecule has 0 aliphatic carbocycles. The molecule has 0 aromatic heterocycles. The summed E-state index contributed by atoms with van der Waals surface area (Å²) in [5.74, 6) is -0.114. The van der Waals surface area contributed by atoms with E-state index >= 15 is 0 Å². The minimum Gasteiger partial charge on any atom is -0.507 e. The van der Waals surface area contributed by atoms with Crippen molar-refractivity contribution in [2.24, 2.45) is 0 Å². The number of carbonyl (C=O) groups excluding carboxylic acids is 1. The maximum Gasteiger partial charge on any atom is 0.152 e. The maximum atomic E-state index is 10.5. The molecule has 82 valence electrons. The summed E-state index contributed by atoms with van der Waals surface area (Å²) >= 11 is 5.63. The van der Waals surface area contributed by atoms with Crippen molar-refractivity contribution in [1.29, 1.82) is 5.41 Å². The topological polar surface area (TPSA) is 73.2 Å². The Hall–Kier alpha value is -1.39. The largest absolute Gasteiger partial charge is 0.507 e. The predicted molar refractivity (Wildman–Crippen MR) is 61.4 cm³/mol. The van der Waals surface area contributed by atoms with Gasteiger partial charge in [-0.1, -0.05) is 11.6 Å². The first-order valence-electron chi connectivity index (χ1n) is 4.18. The molecule has 4 nitrogen and oxygen atoms in total. The molecule has 0 saturated carbocycles. The molecule has 0 radical (unpaired) electrons. The Morgan fingerprint density at radius 2 is 1.93 bits per heavy atom. The molecule has 0 aliphatic heterocycles. The lowest BCUT2D eigenvalue weighted by atomic mass is 10.1. The molecular weight excluding hydrogens is 216 g/mol. The number of rotatable bonds is 2. The fourth-order valence-electron chi connectivity index (χ4n) is 0.870. The lowest BCUT2D eigenvalue weighted by molar-refractivity contribution is 0.112. The summed E-state index contributed by atoms with van der Waals surface area (Å²) in [6, 6.07) is 2.75. The Bertz CT molecular complexity index is 321. The second kappa shape index (κ2) is 6.98. The molecule has 0 atom stereocenters. The molecule has 1 aromatic carbocycles. The van der Waals surface area contributed by atoms with Crippen molar-refractivity contribution in [2.45, 2.75) is 0 Å². The van der Waals surface area contributed by atoms with Gasteiger partial charge in [0.1, 0.15) is 5.75 Å². The number of aromatic hydroxyl groups is 1. The zero-order valence-corrected chi connectivity index (χ0v) is 9.30. The highest BCUT2D eigenvalue weighted by molar-refractivity contribution is 6.33. The van der Waals surface area contributed by atoms with Crippen molar-refractivity contribution >= 4 is 24.1 Å². The monoisotopic (exact) mass is 228 g/mol. The molecule has 0 amide bonds. The highest BCUT2D eigenvalue weighted by Crippen LogP contribution is 2.24. The number of halogens is 1. The minimum atomic E-state index is -0.114. The average molecular weight is 229 g/mol. The lowest BCUT2D eigenvalue weighted by Crippen LogP contribution is -1.92. The zero-order chi connectivity index (χ0) is 11.8. The molecule has 5 heteroatoms. The van der Waals surface area contributed by atoms with Crippen LogP contribution in [0.2, 0.25) is 5.02 Å². The zero-order valence-electron chi connectivity index (χ0n) is 8.54. The number of benzene rings is 1. The number of hydrogen-bond acceptors (Lipinski definition) is 4. The van der Waals surface area contributed by atoms with Crippen molar-refractivity contribution in [3.8, 4) is 5.75 Å². The van der Waals surface area contributed by atoms with Gasteiger partial charge in [0.15, 0.2) is 6.29 Å². The van der Waals surface area contributed by atoms with Crippen LogP contribution in [0.1, 0.15) is 15.9 Å². The van der Waals surface area contributed by atoms with Crippen LogP contribution in [-0.2, 0) is 0 Å². The number of hydrogen-bond donors (Lipinski definition) is 3. The van der Waals surface area contributed by atoms with Gasteiger partial charge in [-0.3, -0.25) is 4.79 Å². The van der Waals surface area contributed by atoms with Crippen LogP contribution in [0.25, 0.3) is 0 Å². The molecule has 0 bridgehead atoms. The molecular formula is C10H13ClN2O2. The smallest absolute Gasteiger partial charge is 0.152 e. The van der Waals surface area contributed by atoms with Crippen molar-refractivity contribution in [1.82, 2.24) is 5.32 Å². The Morgan fingerprint density at radius 1 is 1.40 bits per heavy atom. The van der Waals surface area contributed by atoms with Crippen LogP contribution < -0.4 is 5.32 Å². The van der Waals surface area contributed by atoms with Crippen molar-refractivity contribution in [2.75, 3.05) is 14.1 Å². The Balaban J connectivity index is 0.000000583. The Labute approximate surface area is 93.4 Å². The Morgan fingerprint density at radius 3 is 2.27 bits per heavy atom. The second-order valence-corrected chi connectivity index (χ2v) is 3.06. The molecule has 0 saturated heterocycles. The summed E-state index contributed by atoms with van der Waals surface area (Å²) in [6.45, 7) is 0. The van der Waals surface area contributed by atoms with Gasteiger partial charge in [-0.05, 0) is 26.2 Å². The van der Waals surface area contributed by atoms with E-state index in [9.17, 15) is 9.90 Å². The summed E-state index contributed by atoms with van der Waals surface area (Å²) in [7, 11) is 3.75. The van der Waals surface area contributed by atoms with Crippen molar-refractivity contribution in [3.05, 3.63) is 28.3 Å². The van der Waals surface area contributed by atoms with Crippen LogP contribution in [0, 0.1) is 5.41 Å². The second-order valence-electron chi connectivity index (χ2n) is 2.66.